The molecule has 0 saturated carbocycles. The number of ketones is 1. The molecule has 234 valence electrons. The summed E-state index contributed by atoms with van der Waals surface area (Å²) in [6.07, 6.45) is 7.28. The molecular formula is C27H53N5O8. The highest BCUT2D eigenvalue weighted by Gasteiger charge is 2.14. The number of carbonyl (C=O) groups excluding carboxylic acids is 5. The number of rotatable bonds is 24. The van der Waals surface area contributed by atoms with Crippen LogP contribution in [0.2, 0.25) is 0 Å². The number of nitrogens with zero attached hydrogens (tertiary/aromatic N) is 3. The maximum atomic E-state index is 12.0. The molecule has 6 N–H and O–H groups in total. The van der Waals surface area contributed by atoms with Crippen LogP contribution in [0.4, 0.5) is 0 Å². The second-order valence-corrected chi connectivity index (χ2v) is 9.64. The van der Waals surface area contributed by atoms with E-state index in [1.807, 2.05) is 0 Å². The van der Waals surface area contributed by atoms with Gasteiger partial charge in [-0.15, -0.1) is 0 Å². The van der Waals surface area contributed by atoms with Crippen molar-refractivity contribution in [1.82, 2.24) is 20.5 Å². The summed E-state index contributed by atoms with van der Waals surface area (Å²) >= 11 is 0. The highest BCUT2D eigenvalue weighted by atomic mass is 16.5. The lowest BCUT2D eigenvalue weighted by Crippen LogP contribution is -2.31. The Labute approximate surface area is 238 Å². The molecule has 0 radical (unpaired) electrons. The molecule has 0 aliphatic carbocycles. The summed E-state index contributed by atoms with van der Waals surface area (Å²) in [7, 11) is 0. The molecule has 13 heteroatoms. The largest absolute Gasteiger partial charge is 0.356 e. The van der Waals surface area contributed by atoms with Crippen molar-refractivity contribution < 1.29 is 39.6 Å². The van der Waals surface area contributed by atoms with Gasteiger partial charge in [0.15, 0.2) is 0 Å². The van der Waals surface area contributed by atoms with Crippen LogP contribution in [0.5, 0.6) is 0 Å². The van der Waals surface area contributed by atoms with Gasteiger partial charge in [0.1, 0.15) is 5.78 Å². The minimum atomic E-state index is -0.533. The van der Waals surface area contributed by atoms with Gasteiger partial charge >= 0.3 is 0 Å². The molecule has 13 nitrogen and oxygen atoms in total. The lowest BCUT2D eigenvalue weighted by Gasteiger charge is -2.15. The molecule has 0 aromatic rings. The van der Waals surface area contributed by atoms with Crippen LogP contribution in [0, 0.1) is 0 Å². The van der Waals surface area contributed by atoms with E-state index in [0.29, 0.717) is 73.2 Å². The van der Waals surface area contributed by atoms with Gasteiger partial charge in [-0.05, 0) is 51.5 Å². The van der Waals surface area contributed by atoms with Crippen molar-refractivity contribution in [2.24, 2.45) is 5.73 Å². The molecule has 0 heterocycles. The van der Waals surface area contributed by atoms with Crippen molar-refractivity contribution in [3.8, 4) is 0 Å². The Balaban J connectivity index is 0. The highest BCUT2D eigenvalue weighted by molar-refractivity contribution is 5.84. The van der Waals surface area contributed by atoms with Crippen LogP contribution < -0.4 is 11.1 Å². The summed E-state index contributed by atoms with van der Waals surface area (Å²) in [6.45, 7) is 2.89. The second kappa shape index (κ2) is 25.4. The Morgan fingerprint density at radius 3 is 1.62 bits per heavy atom. The molecule has 40 heavy (non-hydrogen) atoms. The fourth-order valence-electron chi connectivity index (χ4n) is 3.66. The van der Waals surface area contributed by atoms with E-state index in [0.717, 1.165) is 25.7 Å². The number of Topliss-reactive ketones (excluding diaryl/α,β-unsaturated/α-hetero) is 1. The number of nitrogens with two attached hydrogens (primary N) is 1. The third-order valence-corrected chi connectivity index (χ3v) is 6.14. The van der Waals surface area contributed by atoms with Crippen molar-refractivity contribution in [1.29, 1.82) is 0 Å². The normalized spacial score (nSPS) is 10.4. The van der Waals surface area contributed by atoms with Crippen LogP contribution in [0.1, 0.15) is 111 Å². The zero-order valence-electron chi connectivity index (χ0n) is 23.4. The van der Waals surface area contributed by atoms with Gasteiger partial charge in [-0.3, -0.25) is 39.6 Å². The zero-order chi connectivity index (χ0) is 29.5. The number of unbranched alkanes of at least 4 members (excludes halogenated alkanes) is 7. The molecule has 0 aliphatic rings. The van der Waals surface area contributed by atoms with Crippen molar-refractivity contribution in [3.63, 3.8) is 0 Å². The number of hydrogen-bond donors (Lipinski definition) is 5. The Kier molecular flexibility index (Phi) is 25.1. The smallest absolute Gasteiger partial charge is 0.246 e. The lowest BCUT2D eigenvalue weighted by molar-refractivity contribution is -0.166. The summed E-state index contributed by atoms with van der Waals surface area (Å²) in [5, 5.41) is 33.5. The molecule has 0 atom stereocenters. The maximum absolute atomic E-state index is 12.0. The van der Waals surface area contributed by atoms with Gasteiger partial charge in [-0.25, -0.2) is 15.2 Å². The van der Waals surface area contributed by atoms with E-state index in [1.54, 1.807) is 0 Å². The third kappa shape index (κ3) is 22.2. The van der Waals surface area contributed by atoms with E-state index in [9.17, 15) is 39.6 Å². The number of carbonyl (C=O) groups is 5. The van der Waals surface area contributed by atoms with Gasteiger partial charge in [0.25, 0.3) is 0 Å². The van der Waals surface area contributed by atoms with Gasteiger partial charge in [0, 0.05) is 65.2 Å². The summed E-state index contributed by atoms with van der Waals surface area (Å²) in [5.41, 5.74) is 5.40. The minimum absolute atomic E-state index is 0. The summed E-state index contributed by atoms with van der Waals surface area (Å²) in [6, 6.07) is 0. The predicted molar refractivity (Wildman–Crippen MR) is 149 cm³/mol. The molecule has 0 rings (SSSR count). The topological polar surface area (TPSA) is 194 Å². The van der Waals surface area contributed by atoms with Crippen molar-refractivity contribution in [3.05, 3.63) is 0 Å². The van der Waals surface area contributed by atoms with Gasteiger partial charge in [0.05, 0.1) is 0 Å². The van der Waals surface area contributed by atoms with Crippen molar-refractivity contribution in [2.45, 2.75) is 111 Å². The Bertz CT molecular complexity index is 738. The first-order valence-corrected chi connectivity index (χ1v) is 14.0. The van der Waals surface area contributed by atoms with Gasteiger partial charge in [-0.2, -0.15) is 0 Å². The zero-order valence-corrected chi connectivity index (χ0v) is 23.4. The van der Waals surface area contributed by atoms with Gasteiger partial charge < -0.3 is 11.1 Å². The number of hydroxylamine groups is 6. The first kappa shape index (κ1) is 39.5. The molecule has 0 fully saturated rings. The Morgan fingerprint density at radius 1 is 0.600 bits per heavy atom. The molecule has 0 aromatic heterocycles. The average molecular weight is 576 g/mol. The fraction of sp³-hybridized carbons (Fsp3) is 0.815. The quantitative estimate of drug-likeness (QED) is 0.0653. The van der Waals surface area contributed by atoms with Crippen LogP contribution in [-0.4, -0.2) is 92.9 Å². The number of amides is 4. The molecule has 0 aromatic carbocycles. The van der Waals surface area contributed by atoms with Crippen LogP contribution in [0.25, 0.3) is 0 Å². The van der Waals surface area contributed by atoms with E-state index >= 15 is 0 Å². The minimum Gasteiger partial charge on any atom is -0.356 e. The predicted octanol–water partition coefficient (Wildman–Crippen LogP) is 2.79. The van der Waals surface area contributed by atoms with Crippen LogP contribution >= 0.6 is 0 Å². The monoisotopic (exact) mass is 575 g/mol. The van der Waals surface area contributed by atoms with Gasteiger partial charge in [-0.1, -0.05) is 26.7 Å². The molecule has 0 unspecified atom stereocenters. The average Bonchev–Trinajstić information content (AvgIpc) is 2.91. The summed E-state index contributed by atoms with van der Waals surface area (Å²) in [4.78, 5) is 58.5. The fourth-order valence-corrected chi connectivity index (χ4v) is 3.66. The first-order valence-electron chi connectivity index (χ1n) is 14.0. The highest BCUT2D eigenvalue weighted by Crippen LogP contribution is 2.09. The third-order valence-electron chi connectivity index (χ3n) is 6.14. The van der Waals surface area contributed by atoms with E-state index in [1.165, 1.54) is 6.92 Å². The van der Waals surface area contributed by atoms with Crippen LogP contribution in [0.15, 0.2) is 0 Å². The van der Waals surface area contributed by atoms with E-state index < -0.39 is 17.7 Å². The summed E-state index contributed by atoms with van der Waals surface area (Å²) < 4.78 is 0. The molecule has 0 saturated heterocycles. The molecule has 0 bridgehead atoms. The van der Waals surface area contributed by atoms with E-state index in [-0.39, 0.29) is 64.4 Å². The molecular weight excluding hydrogens is 522 g/mol. The first-order chi connectivity index (χ1) is 18.6. The molecule has 0 aliphatic heterocycles. The van der Waals surface area contributed by atoms with E-state index in [2.05, 4.69) is 5.32 Å². The second-order valence-electron chi connectivity index (χ2n) is 9.64. The Morgan fingerprint density at radius 2 is 1.07 bits per heavy atom. The number of hydrogen-bond acceptors (Lipinski definition) is 9. The van der Waals surface area contributed by atoms with Crippen molar-refractivity contribution in [2.75, 3.05) is 32.7 Å². The van der Waals surface area contributed by atoms with Crippen molar-refractivity contribution >= 4 is 29.4 Å². The molecule has 0 spiro atoms. The lowest BCUT2D eigenvalue weighted by atomic mass is 10.1. The van der Waals surface area contributed by atoms with Gasteiger partial charge in [0.2, 0.25) is 23.6 Å². The number of nitrogens with one attached hydrogen (secondary N) is 1. The summed E-state index contributed by atoms with van der Waals surface area (Å²) in [5.74, 6) is -1.74. The maximum Gasteiger partial charge on any atom is 0.246 e. The van der Waals surface area contributed by atoms with Crippen LogP contribution in [0.3, 0.4) is 0 Å². The Hall–Kier alpha value is -2.61. The SMILES string of the molecule is C.CC(=O)N(O)CCCCCNC(=O)CCC(=O)N(O)CCCCCCC(=O)CCC(=O)N(O)CCCCCN. The van der Waals surface area contributed by atoms with Crippen LogP contribution in [-0.2, 0) is 24.0 Å². The molecule has 4 amide bonds. The van der Waals surface area contributed by atoms with E-state index in [4.69, 9.17) is 5.73 Å². The standard InChI is InChI=1S/C26H49N5O8.CH4/c1-22(32)29(37)19-11-5-8-18-28-24(34)14-16-26(36)31(39)20-9-3-2-6-12-23(33)13-15-25(35)30(38)21-10-4-7-17-27;/h37-39H,2-21,27H2,1H3,(H,28,34);1H4.